The molecule has 4 nitrogen and oxygen atoms in total. The molecule has 144 valence electrons. The van der Waals surface area contributed by atoms with Crippen molar-refractivity contribution in [2.45, 2.75) is 71.8 Å². The van der Waals surface area contributed by atoms with Gasteiger partial charge in [-0.25, -0.2) is 9.59 Å². The fraction of sp³-hybridized carbons (Fsp3) is 0.727. The molecular weight excluding hydrogens is 328 g/mol. The van der Waals surface area contributed by atoms with Crippen LogP contribution in [0.1, 0.15) is 65.7 Å². The van der Waals surface area contributed by atoms with E-state index in [0.29, 0.717) is 29.6 Å². The predicted octanol–water partition coefficient (Wildman–Crippen LogP) is 4.59. The highest BCUT2D eigenvalue weighted by atomic mass is 16.5. The molecule has 4 fully saturated rings. The molecule has 0 aromatic rings. The molecule has 4 heteroatoms. The summed E-state index contributed by atoms with van der Waals surface area (Å²) in [6, 6.07) is 0. The highest BCUT2D eigenvalue weighted by molar-refractivity contribution is 5.87. The van der Waals surface area contributed by atoms with Crippen molar-refractivity contribution in [2.75, 3.05) is 6.61 Å². The third kappa shape index (κ3) is 3.60. The SMILES string of the molecule is C=C(C)C(=O)OCCC12CC3CC(C1)CC(C(C)OC(=O)C(=C)C)(C3)C2. The van der Waals surface area contributed by atoms with E-state index in [2.05, 4.69) is 20.1 Å². The summed E-state index contributed by atoms with van der Waals surface area (Å²) in [4.78, 5) is 23.7. The topological polar surface area (TPSA) is 52.6 Å². The van der Waals surface area contributed by atoms with Gasteiger partial charge in [0.25, 0.3) is 0 Å². The van der Waals surface area contributed by atoms with Crippen LogP contribution < -0.4 is 0 Å². The molecule has 3 unspecified atom stereocenters. The van der Waals surface area contributed by atoms with Crippen LogP contribution in [0.25, 0.3) is 0 Å². The van der Waals surface area contributed by atoms with Gasteiger partial charge < -0.3 is 9.47 Å². The van der Waals surface area contributed by atoms with Crippen molar-refractivity contribution in [1.82, 2.24) is 0 Å². The number of esters is 2. The first-order valence-corrected chi connectivity index (χ1v) is 9.84. The van der Waals surface area contributed by atoms with E-state index in [1.165, 1.54) is 19.3 Å². The molecule has 3 atom stereocenters. The Morgan fingerprint density at radius 1 is 1.04 bits per heavy atom. The van der Waals surface area contributed by atoms with Crippen LogP contribution in [0.15, 0.2) is 24.3 Å². The number of carbonyl (C=O) groups is 2. The summed E-state index contributed by atoms with van der Waals surface area (Å²) in [7, 11) is 0. The molecule has 4 bridgehead atoms. The van der Waals surface area contributed by atoms with Gasteiger partial charge in [-0.2, -0.15) is 0 Å². The second-order valence-corrected chi connectivity index (χ2v) is 9.32. The first kappa shape index (κ1) is 19.2. The molecule has 0 saturated heterocycles. The minimum absolute atomic E-state index is 0.0769. The summed E-state index contributed by atoms with van der Waals surface area (Å²) in [6.45, 7) is 13.3. The number of hydrogen-bond donors (Lipinski definition) is 0. The Bertz CT molecular complexity index is 618. The molecule has 0 aliphatic heterocycles. The quantitative estimate of drug-likeness (QED) is 0.492. The normalized spacial score (nSPS) is 35.7. The molecule has 0 N–H and O–H groups in total. The van der Waals surface area contributed by atoms with Crippen LogP contribution in [-0.4, -0.2) is 24.6 Å². The standard InChI is InChI=1S/C22H32O4/c1-14(2)19(23)25-7-6-21-9-17-8-18(10-21)12-22(11-17,13-21)16(5)26-20(24)15(3)4/h16-18H,1,3,6-13H2,2,4-5H3. The molecule has 0 aromatic carbocycles. The van der Waals surface area contributed by atoms with Crippen LogP contribution in [0.4, 0.5) is 0 Å². The molecule has 4 aliphatic rings. The van der Waals surface area contributed by atoms with Crippen molar-refractivity contribution >= 4 is 11.9 Å². The van der Waals surface area contributed by atoms with E-state index in [9.17, 15) is 9.59 Å². The van der Waals surface area contributed by atoms with E-state index in [1.807, 2.05) is 0 Å². The Morgan fingerprint density at radius 3 is 2.15 bits per heavy atom. The number of ether oxygens (including phenoxy) is 2. The molecule has 0 aromatic heterocycles. The summed E-state index contributed by atoms with van der Waals surface area (Å²) in [5.74, 6) is 0.837. The average Bonchev–Trinajstić information content (AvgIpc) is 2.52. The molecule has 26 heavy (non-hydrogen) atoms. The maximum atomic E-state index is 12.0. The highest BCUT2D eigenvalue weighted by Gasteiger charge is 2.59. The fourth-order valence-corrected chi connectivity index (χ4v) is 6.16. The van der Waals surface area contributed by atoms with Gasteiger partial charge in [0.1, 0.15) is 6.10 Å². The fourth-order valence-electron chi connectivity index (χ4n) is 6.16. The van der Waals surface area contributed by atoms with E-state index in [1.54, 1.807) is 13.8 Å². The summed E-state index contributed by atoms with van der Waals surface area (Å²) < 4.78 is 11.2. The second kappa shape index (κ2) is 6.86. The molecule has 0 heterocycles. The van der Waals surface area contributed by atoms with E-state index in [4.69, 9.17) is 9.47 Å². The van der Waals surface area contributed by atoms with Gasteiger partial charge in [0, 0.05) is 16.6 Å². The van der Waals surface area contributed by atoms with Gasteiger partial charge in [-0.15, -0.1) is 0 Å². The van der Waals surface area contributed by atoms with Gasteiger partial charge in [0.2, 0.25) is 0 Å². The van der Waals surface area contributed by atoms with E-state index in [0.717, 1.165) is 25.7 Å². The lowest BCUT2D eigenvalue weighted by atomic mass is 9.42. The molecule has 0 spiro atoms. The van der Waals surface area contributed by atoms with Crippen molar-refractivity contribution in [3.63, 3.8) is 0 Å². The van der Waals surface area contributed by atoms with Gasteiger partial charge in [-0.05, 0) is 83.0 Å². The highest BCUT2D eigenvalue weighted by Crippen LogP contribution is 2.67. The molecule has 4 saturated carbocycles. The van der Waals surface area contributed by atoms with Crippen LogP contribution in [-0.2, 0) is 19.1 Å². The Kier molecular flexibility index (Phi) is 5.06. The van der Waals surface area contributed by atoms with Gasteiger partial charge in [-0.3, -0.25) is 0 Å². The second-order valence-electron chi connectivity index (χ2n) is 9.32. The van der Waals surface area contributed by atoms with Crippen molar-refractivity contribution < 1.29 is 19.1 Å². The zero-order chi connectivity index (χ0) is 19.1. The monoisotopic (exact) mass is 360 g/mol. The Morgan fingerprint density at radius 2 is 1.62 bits per heavy atom. The van der Waals surface area contributed by atoms with Gasteiger partial charge in [0.15, 0.2) is 0 Å². The number of rotatable bonds is 7. The van der Waals surface area contributed by atoms with Crippen LogP contribution in [0.5, 0.6) is 0 Å². The van der Waals surface area contributed by atoms with Gasteiger partial charge in [0.05, 0.1) is 6.61 Å². The summed E-state index contributed by atoms with van der Waals surface area (Å²) >= 11 is 0. The molecular formula is C22H32O4. The number of carbonyl (C=O) groups excluding carboxylic acids is 2. The van der Waals surface area contributed by atoms with Crippen LogP contribution in [0, 0.1) is 22.7 Å². The predicted molar refractivity (Wildman–Crippen MR) is 100 cm³/mol. The third-order valence-corrected chi connectivity index (χ3v) is 6.94. The lowest BCUT2D eigenvalue weighted by Gasteiger charge is -2.63. The molecule has 0 radical (unpaired) electrons. The summed E-state index contributed by atoms with van der Waals surface area (Å²) in [6.07, 6.45) is 7.94. The van der Waals surface area contributed by atoms with Gasteiger partial charge in [-0.1, -0.05) is 13.2 Å². The summed E-state index contributed by atoms with van der Waals surface area (Å²) in [5.41, 5.74) is 1.21. The van der Waals surface area contributed by atoms with Crippen molar-refractivity contribution in [3.8, 4) is 0 Å². The smallest absolute Gasteiger partial charge is 0.333 e. The van der Waals surface area contributed by atoms with E-state index < -0.39 is 0 Å². The Balaban J connectivity index is 1.70. The zero-order valence-electron chi connectivity index (χ0n) is 16.4. The van der Waals surface area contributed by atoms with Crippen LogP contribution >= 0.6 is 0 Å². The van der Waals surface area contributed by atoms with Crippen molar-refractivity contribution in [1.29, 1.82) is 0 Å². The third-order valence-electron chi connectivity index (χ3n) is 6.94. The Labute approximate surface area is 157 Å². The van der Waals surface area contributed by atoms with E-state index in [-0.39, 0.29) is 28.9 Å². The van der Waals surface area contributed by atoms with Crippen molar-refractivity contribution in [2.24, 2.45) is 22.7 Å². The van der Waals surface area contributed by atoms with Crippen LogP contribution in [0.2, 0.25) is 0 Å². The van der Waals surface area contributed by atoms with Gasteiger partial charge >= 0.3 is 11.9 Å². The first-order valence-electron chi connectivity index (χ1n) is 9.84. The lowest BCUT2D eigenvalue weighted by Crippen LogP contribution is -2.56. The summed E-state index contributed by atoms with van der Waals surface area (Å²) in [5, 5.41) is 0. The molecule has 4 aliphatic carbocycles. The van der Waals surface area contributed by atoms with Crippen molar-refractivity contribution in [3.05, 3.63) is 24.3 Å². The molecule has 0 amide bonds. The minimum atomic E-state index is -0.298. The minimum Gasteiger partial charge on any atom is -0.462 e. The number of hydrogen-bond acceptors (Lipinski definition) is 4. The zero-order valence-corrected chi connectivity index (χ0v) is 16.4. The Hall–Kier alpha value is -1.58. The van der Waals surface area contributed by atoms with E-state index >= 15 is 0 Å². The largest absolute Gasteiger partial charge is 0.462 e. The lowest BCUT2D eigenvalue weighted by molar-refractivity contribution is -0.183. The maximum absolute atomic E-state index is 12.0. The molecule has 4 rings (SSSR count). The average molecular weight is 360 g/mol. The van der Waals surface area contributed by atoms with Crippen LogP contribution in [0.3, 0.4) is 0 Å². The maximum Gasteiger partial charge on any atom is 0.333 e. The first-order chi connectivity index (χ1) is 12.1.